The van der Waals surface area contributed by atoms with E-state index in [1.807, 2.05) is 0 Å². The van der Waals surface area contributed by atoms with Gasteiger partial charge in [0.15, 0.2) is 0 Å². The molecular weight excluding hydrogens is 282 g/mol. The first-order valence-corrected chi connectivity index (χ1v) is 6.38. The highest BCUT2D eigenvalue weighted by Gasteiger charge is 2.22. The standard InChI is InChI=1S/C14H14F2N2O3/c15-11-2-1-3-12(16)10(11)4-5-13(19)17-6-8-18(9-7-17)14(20)21/h1-5H,6-9H2,(H,20,21). The number of benzene rings is 1. The van der Waals surface area contributed by atoms with E-state index in [0.717, 1.165) is 24.3 Å². The van der Waals surface area contributed by atoms with Crippen LogP contribution in [0.25, 0.3) is 6.08 Å². The second kappa shape index (κ2) is 6.34. The lowest BCUT2D eigenvalue weighted by Crippen LogP contribution is -2.49. The van der Waals surface area contributed by atoms with Crippen LogP contribution in [-0.4, -0.2) is 53.1 Å². The predicted molar refractivity (Wildman–Crippen MR) is 71.6 cm³/mol. The van der Waals surface area contributed by atoms with Crippen molar-refractivity contribution in [1.82, 2.24) is 9.80 Å². The summed E-state index contributed by atoms with van der Waals surface area (Å²) in [6.07, 6.45) is 1.17. The fraction of sp³-hybridized carbons (Fsp3) is 0.286. The average molecular weight is 296 g/mol. The number of carboxylic acid groups (broad SMARTS) is 1. The van der Waals surface area contributed by atoms with Crippen LogP contribution in [0.1, 0.15) is 5.56 Å². The van der Waals surface area contributed by atoms with Crippen LogP contribution in [-0.2, 0) is 4.79 Å². The van der Waals surface area contributed by atoms with E-state index in [1.165, 1.54) is 15.9 Å². The van der Waals surface area contributed by atoms with Crippen molar-refractivity contribution < 1.29 is 23.5 Å². The molecule has 1 aromatic rings. The molecule has 2 amide bonds. The number of halogens is 2. The molecule has 21 heavy (non-hydrogen) atoms. The van der Waals surface area contributed by atoms with Crippen molar-refractivity contribution in [3.63, 3.8) is 0 Å². The van der Waals surface area contributed by atoms with Gasteiger partial charge in [-0.05, 0) is 18.2 Å². The van der Waals surface area contributed by atoms with Gasteiger partial charge in [0.25, 0.3) is 0 Å². The molecule has 0 spiro atoms. The lowest BCUT2D eigenvalue weighted by molar-refractivity contribution is -0.127. The minimum Gasteiger partial charge on any atom is -0.465 e. The smallest absolute Gasteiger partial charge is 0.407 e. The van der Waals surface area contributed by atoms with E-state index in [-0.39, 0.29) is 31.7 Å². The van der Waals surface area contributed by atoms with Gasteiger partial charge < -0.3 is 14.9 Å². The van der Waals surface area contributed by atoms with Crippen molar-refractivity contribution in [2.45, 2.75) is 0 Å². The average Bonchev–Trinajstić information content (AvgIpc) is 2.46. The molecular formula is C14H14F2N2O3. The van der Waals surface area contributed by atoms with Gasteiger partial charge in [-0.3, -0.25) is 4.79 Å². The normalized spacial score (nSPS) is 15.5. The van der Waals surface area contributed by atoms with Crippen molar-refractivity contribution in [3.05, 3.63) is 41.5 Å². The van der Waals surface area contributed by atoms with Crippen LogP contribution in [0, 0.1) is 11.6 Å². The largest absolute Gasteiger partial charge is 0.465 e. The van der Waals surface area contributed by atoms with E-state index in [2.05, 4.69) is 0 Å². The topological polar surface area (TPSA) is 60.9 Å². The van der Waals surface area contributed by atoms with Gasteiger partial charge in [0, 0.05) is 37.8 Å². The first-order valence-electron chi connectivity index (χ1n) is 6.38. The summed E-state index contributed by atoms with van der Waals surface area (Å²) in [5.74, 6) is -1.88. The number of hydrogen-bond acceptors (Lipinski definition) is 2. The van der Waals surface area contributed by atoms with Crippen molar-refractivity contribution in [2.24, 2.45) is 0 Å². The summed E-state index contributed by atoms with van der Waals surface area (Å²) in [7, 11) is 0. The molecule has 112 valence electrons. The van der Waals surface area contributed by atoms with Crippen LogP contribution in [0.2, 0.25) is 0 Å². The van der Waals surface area contributed by atoms with Crippen molar-refractivity contribution in [2.75, 3.05) is 26.2 Å². The van der Waals surface area contributed by atoms with E-state index < -0.39 is 23.6 Å². The molecule has 0 bridgehead atoms. The van der Waals surface area contributed by atoms with Crippen LogP contribution < -0.4 is 0 Å². The van der Waals surface area contributed by atoms with Gasteiger partial charge in [0.05, 0.1) is 0 Å². The Kier molecular flexibility index (Phi) is 4.52. The Hall–Kier alpha value is -2.44. The van der Waals surface area contributed by atoms with Gasteiger partial charge in [-0.15, -0.1) is 0 Å². The molecule has 7 heteroatoms. The maximum absolute atomic E-state index is 13.4. The lowest BCUT2D eigenvalue weighted by atomic mass is 10.2. The van der Waals surface area contributed by atoms with Gasteiger partial charge >= 0.3 is 6.09 Å². The van der Waals surface area contributed by atoms with E-state index in [9.17, 15) is 18.4 Å². The summed E-state index contributed by atoms with van der Waals surface area (Å²) in [6.45, 7) is 0.969. The molecule has 0 atom stereocenters. The number of rotatable bonds is 2. The zero-order valence-corrected chi connectivity index (χ0v) is 11.1. The maximum atomic E-state index is 13.4. The molecule has 1 fully saturated rings. The first-order chi connectivity index (χ1) is 9.99. The molecule has 1 aliphatic heterocycles. The molecule has 0 aromatic heterocycles. The van der Waals surface area contributed by atoms with Crippen LogP contribution >= 0.6 is 0 Å². The lowest BCUT2D eigenvalue weighted by Gasteiger charge is -2.32. The minimum atomic E-state index is -1.02. The van der Waals surface area contributed by atoms with Crippen LogP contribution in [0.5, 0.6) is 0 Å². The monoisotopic (exact) mass is 296 g/mol. The molecule has 1 aromatic carbocycles. The highest BCUT2D eigenvalue weighted by molar-refractivity contribution is 5.92. The molecule has 1 aliphatic rings. The highest BCUT2D eigenvalue weighted by Crippen LogP contribution is 2.14. The third-order valence-electron chi connectivity index (χ3n) is 3.25. The number of piperazine rings is 1. The van der Waals surface area contributed by atoms with Crippen molar-refractivity contribution >= 4 is 18.1 Å². The summed E-state index contributed by atoms with van der Waals surface area (Å²) < 4.78 is 26.8. The Labute approximate surface area is 120 Å². The van der Waals surface area contributed by atoms with Crippen molar-refractivity contribution in [1.29, 1.82) is 0 Å². The highest BCUT2D eigenvalue weighted by atomic mass is 19.1. The number of hydrogen-bond donors (Lipinski definition) is 1. The number of nitrogens with zero attached hydrogens (tertiary/aromatic N) is 2. The van der Waals surface area contributed by atoms with Gasteiger partial charge in [-0.1, -0.05) is 6.07 Å². The summed E-state index contributed by atoms with van der Waals surface area (Å²) in [4.78, 5) is 25.3. The first kappa shape index (κ1) is 15.0. The van der Waals surface area contributed by atoms with Crippen LogP contribution in [0.15, 0.2) is 24.3 Å². The van der Waals surface area contributed by atoms with E-state index in [4.69, 9.17) is 5.11 Å². The third-order valence-corrected chi connectivity index (χ3v) is 3.25. The minimum absolute atomic E-state index is 0.225. The molecule has 1 heterocycles. The third kappa shape index (κ3) is 3.56. The van der Waals surface area contributed by atoms with Crippen LogP contribution in [0.3, 0.4) is 0 Å². The predicted octanol–water partition coefficient (Wildman–Crippen LogP) is 1.80. The Morgan fingerprint density at radius 1 is 1.05 bits per heavy atom. The number of carbonyl (C=O) groups is 2. The summed E-state index contributed by atoms with van der Waals surface area (Å²) in [5, 5.41) is 8.80. The Morgan fingerprint density at radius 3 is 2.10 bits per heavy atom. The van der Waals surface area contributed by atoms with E-state index in [1.54, 1.807) is 0 Å². The van der Waals surface area contributed by atoms with Gasteiger partial charge in [-0.25, -0.2) is 13.6 Å². The molecule has 5 nitrogen and oxygen atoms in total. The number of amides is 2. The molecule has 0 aliphatic carbocycles. The summed E-state index contributed by atoms with van der Waals surface area (Å²) >= 11 is 0. The van der Waals surface area contributed by atoms with E-state index in [0.29, 0.717) is 0 Å². The molecule has 0 radical (unpaired) electrons. The zero-order chi connectivity index (χ0) is 15.4. The van der Waals surface area contributed by atoms with Crippen LogP contribution in [0.4, 0.5) is 13.6 Å². The Bertz CT molecular complexity index is 561. The molecule has 0 unspecified atom stereocenters. The van der Waals surface area contributed by atoms with Gasteiger partial charge in [0.2, 0.25) is 5.91 Å². The fourth-order valence-electron chi connectivity index (χ4n) is 2.05. The maximum Gasteiger partial charge on any atom is 0.407 e. The SMILES string of the molecule is O=C(O)N1CCN(C(=O)C=Cc2c(F)cccc2F)CC1. The quantitative estimate of drug-likeness (QED) is 0.847. The summed E-state index contributed by atoms with van der Waals surface area (Å²) in [6, 6.07) is 3.46. The summed E-state index contributed by atoms with van der Waals surface area (Å²) in [5.41, 5.74) is -0.268. The Morgan fingerprint density at radius 2 is 1.57 bits per heavy atom. The second-order valence-electron chi connectivity index (χ2n) is 4.56. The number of carbonyl (C=O) groups excluding carboxylic acids is 1. The van der Waals surface area contributed by atoms with Gasteiger partial charge in [-0.2, -0.15) is 0 Å². The Balaban J connectivity index is 1.99. The second-order valence-corrected chi connectivity index (χ2v) is 4.56. The van der Waals surface area contributed by atoms with Gasteiger partial charge in [0.1, 0.15) is 11.6 Å². The molecule has 0 saturated carbocycles. The van der Waals surface area contributed by atoms with Crippen molar-refractivity contribution in [3.8, 4) is 0 Å². The molecule has 1 N–H and O–H groups in total. The fourth-order valence-corrected chi connectivity index (χ4v) is 2.05. The molecule has 1 saturated heterocycles. The zero-order valence-electron chi connectivity index (χ0n) is 11.1. The molecule has 2 rings (SSSR count). The van der Waals surface area contributed by atoms with E-state index >= 15 is 0 Å².